The van der Waals surface area contributed by atoms with Gasteiger partial charge in [0.25, 0.3) is 0 Å². The largest absolute Gasteiger partial charge is 0.508 e. The van der Waals surface area contributed by atoms with Gasteiger partial charge in [0.1, 0.15) is 17.7 Å². The third-order valence-electron chi connectivity index (χ3n) is 8.27. The minimum Gasteiger partial charge on any atom is -0.508 e. The first-order valence-electron chi connectivity index (χ1n) is 14.6. The summed E-state index contributed by atoms with van der Waals surface area (Å²) in [5.41, 5.74) is 5.45. The van der Waals surface area contributed by atoms with E-state index < -0.39 is 6.23 Å². The molecule has 0 aliphatic carbocycles. The predicted molar refractivity (Wildman–Crippen MR) is 156 cm³/mol. The standard InChI is InChI=1S/C32H44N4O3/c1-23(2)26-19-27(31(38)20-30(26)37)28-11-12-29(32(39)33-13-18-34-14-3-4-15-34)36(28)22-25-9-7-24(8-10-25)21-35-16-5-6-17-35/h7-12,19-20,23,32-33,37-39H,3-6,13-18,21-22H2,1-2H3. The molecule has 0 radical (unpaired) electrons. The number of phenolic OH excluding ortho intramolecular Hbond substituents is 2. The second kappa shape index (κ2) is 12.6. The quantitative estimate of drug-likeness (QED) is 0.260. The van der Waals surface area contributed by atoms with E-state index in [2.05, 4.69) is 43.9 Å². The van der Waals surface area contributed by atoms with Crippen molar-refractivity contribution in [3.63, 3.8) is 0 Å². The summed E-state index contributed by atoms with van der Waals surface area (Å²) in [5, 5.41) is 35.8. The van der Waals surface area contributed by atoms with Gasteiger partial charge >= 0.3 is 0 Å². The van der Waals surface area contributed by atoms with Gasteiger partial charge in [0.2, 0.25) is 0 Å². The van der Waals surface area contributed by atoms with Crippen molar-refractivity contribution in [2.45, 2.75) is 64.8 Å². The van der Waals surface area contributed by atoms with Crippen molar-refractivity contribution in [2.75, 3.05) is 39.3 Å². The first-order valence-corrected chi connectivity index (χ1v) is 14.6. The molecule has 4 N–H and O–H groups in total. The maximum absolute atomic E-state index is 11.2. The highest BCUT2D eigenvalue weighted by atomic mass is 16.3. The smallest absolute Gasteiger partial charge is 0.146 e. The van der Waals surface area contributed by atoms with Crippen LogP contribution >= 0.6 is 0 Å². The van der Waals surface area contributed by atoms with Crippen LogP contribution in [0.2, 0.25) is 0 Å². The van der Waals surface area contributed by atoms with Crippen molar-refractivity contribution in [3.8, 4) is 22.8 Å². The zero-order valence-corrected chi connectivity index (χ0v) is 23.4. The molecule has 3 heterocycles. The normalized spacial score (nSPS) is 17.4. The van der Waals surface area contributed by atoms with Crippen LogP contribution in [-0.4, -0.2) is 69.0 Å². The van der Waals surface area contributed by atoms with E-state index in [4.69, 9.17) is 0 Å². The molecule has 5 rings (SSSR count). The van der Waals surface area contributed by atoms with Gasteiger partial charge < -0.3 is 24.8 Å². The van der Waals surface area contributed by atoms with Gasteiger partial charge in [0.15, 0.2) is 0 Å². The fourth-order valence-electron chi connectivity index (χ4n) is 6.00. The molecular weight excluding hydrogens is 488 g/mol. The van der Waals surface area contributed by atoms with Crippen LogP contribution in [0.1, 0.15) is 74.1 Å². The van der Waals surface area contributed by atoms with Gasteiger partial charge in [-0.2, -0.15) is 0 Å². The SMILES string of the molecule is CC(C)c1cc(-c2ccc(C(O)NCCN3CCCC3)n2Cc2ccc(CN3CCCC3)cc2)c(O)cc1O. The Morgan fingerprint density at radius 3 is 2.03 bits per heavy atom. The Bertz CT molecular complexity index is 1220. The first-order chi connectivity index (χ1) is 18.9. The van der Waals surface area contributed by atoms with Gasteiger partial charge in [-0.25, -0.2) is 0 Å². The van der Waals surface area contributed by atoms with Crippen LogP contribution in [0.15, 0.2) is 48.5 Å². The number of aromatic nitrogens is 1. The molecule has 2 fully saturated rings. The second-order valence-corrected chi connectivity index (χ2v) is 11.5. The number of likely N-dealkylation sites (tertiary alicyclic amines) is 2. The summed E-state index contributed by atoms with van der Waals surface area (Å²) in [6.45, 7) is 11.8. The average molecular weight is 533 g/mol. The number of aliphatic hydroxyl groups is 1. The van der Waals surface area contributed by atoms with Gasteiger partial charge in [-0.15, -0.1) is 0 Å². The van der Waals surface area contributed by atoms with Crippen molar-refractivity contribution < 1.29 is 15.3 Å². The van der Waals surface area contributed by atoms with E-state index in [9.17, 15) is 15.3 Å². The van der Waals surface area contributed by atoms with Crippen LogP contribution in [0.3, 0.4) is 0 Å². The Hall–Kier alpha value is -2.84. The lowest BCUT2D eigenvalue weighted by Crippen LogP contribution is -2.33. The van der Waals surface area contributed by atoms with Crippen LogP contribution in [0.25, 0.3) is 11.3 Å². The van der Waals surface area contributed by atoms with Crippen molar-refractivity contribution in [2.24, 2.45) is 0 Å². The number of hydrogen-bond acceptors (Lipinski definition) is 6. The number of hydrogen-bond donors (Lipinski definition) is 4. The molecule has 7 heteroatoms. The molecule has 0 amide bonds. The minimum absolute atomic E-state index is 0.0280. The van der Waals surface area contributed by atoms with Crippen LogP contribution in [0.5, 0.6) is 11.5 Å². The fourth-order valence-corrected chi connectivity index (χ4v) is 6.00. The maximum Gasteiger partial charge on any atom is 0.146 e. The molecule has 1 aromatic heterocycles. The molecule has 2 aliphatic rings. The number of aromatic hydroxyl groups is 2. The monoisotopic (exact) mass is 532 g/mol. The molecule has 2 saturated heterocycles. The zero-order valence-electron chi connectivity index (χ0n) is 23.4. The number of phenols is 2. The third kappa shape index (κ3) is 6.67. The minimum atomic E-state index is -0.834. The molecule has 1 unspecified atom stereocenters. The number of rotatable bonds is 11. The Balaban J connectivity index is 1.41. The van der Waals surface area contributed by atoms with E-state index in [1.165, 1.54) is 50.4 Å². The summed E-state index contributed by atoms with van der Waals surface area (Å²) in [5.74, 6) is 0.232. The van der Waals surface area contributed by atoms with Gasteiger partial charge in [-0.1, -0.05) is 38.1 Å². The van der Waals surface area contributed by atoms with Crippen LogP contribution in [-0.2, 0) is 13.1 Å². The topological polar surface area (TPSA) is 84.1 Å². The van der Waals surface area contributed by atoms with E-state index in [0.29, 0.717) is 18.7 Å². The zero-order chi connectivity index (χ0) is 27.4. The molecule has 2 aromatic carbocycles. The summed E-state index contributed by atoms with van der Waals surface area (Å²) in [4.78, 5) is 4.93. The number of aliphatic hydroxyl groups excluding tert-OH is 1. The summed E-state index contributed by atoms with van der Waals surface area (Å²) in [6, 6.07) is 15.9. The molecule has 7 nitrogen and oxygen atoms in total. The molecule has 0 saturated carbocycles. The van der Waals surface area contributed by atoms with E-state index >= 15 is 0 Å². The summed E-state index contributed by atoms with van der Waals surface area (Å²) >= 11 is 0. The van der Waals surface area contributed by atoms with Crippen molar-refractivity contribution in [1.82, 2.24) is 19.7 Å². The summed E-state index contributed by atoms with van der Waals surface area (Å²) in [6.07, 6.45) is 4.24. The first kappa shape index (κ1) is 27.7. The van der Waals surface area contributed by atoms with E-state index in [-0.39, 0.29) is 17.4 Å². The molecule has 0 bridgehead atoms. The van der Waals surface area contributed by atoms with E-state index in [1.54, 1.807) is 0 Å². The van der Waals surface area contributed by atoms with Crippen LogP contribution in [0.4, 0.5) is 0 Å². The van der Waals surface area contributed by atoms with Gasteiger partial charge in [-0.3, -0.25) is 10.2 Å². The van der Waals surface area contributed by atoms with Gasteiger partial charge in [-0.05, 0) is 92.7 Å². The van der Waals surface area contributed by atoms with E-state index in [0.717, 1.165) is 48.7 Å². The predicted octanol–water partition coefficient (Wildman–Crippen LogP) is 5.01. The molecule has 210 valence electrons. The molecule has 1 atom stereocenters. The molecule has 2 aliphatic heterocycles. The lowest BCUT2D eigenvalue weighted by atomic mass is 9.97. The Morgan fingerprint density at radius 2 is 1.38 bits per heavy atom. The van der Waals surface area contributed by atoms with Crippen molar-refractivity contribution >= 4 is 0 Å². The third-order valence-corrected chi connectivity index (χ3v) is 8.27. The number of benzene rings is 2. The fraction of sp³-hybridized carbons (Fsp3) is 0.500. The number of nitrogens with zero attached hydrogens (tertiary/aromatic N) is 3. The average Bonchev–Trinajstić information content (AvgIpc) is 3.68. The van der Waals surface area contributed by atoms with Crippen LogP contribution in [0, 0.1) is 0 Å². The lowest BCUT2D eigenvalue weighted by Gasteiger charge is -2.21. The van der Waals surface area contributed by atoms with Gasteiger partial charge in [0, 0.05) is 37.8 Å². The second-order valence-electron chi connectivity index (χ2n) is 11.5. The highest BCUT2D eigenvalue weighted by Crippen LogP contribution is 2.39. The van der Waals surface area contributed by atoms with Gasteiger partial charge in [0.05, 0.1) is 11.4 Å². The summed E-state index contributed by atoms with van der Waals surface area (Å²) < 4.78 is 2.08. The molecule has 3 aromatic rings. The molecule has 0 spiro atoms. The molecule has 39 heavy (non-hydrogen) atoms. The van der Waals surface area contributed by atoms with E-state index in [1.807, 2.05) is 32.0 Å². The maximum atomic E-state index is 11.2. The van der Waals surface area contributed by atoms with Crippen molar-refractivity contribution in [3.05, 3.63) is 70.9 Å². The summed E-state index contributed by atoms with van der Waals surface area (Å²) in [7, 11) is 0. The Labute approximate surface area is 232 Å². The number of nitrogens with one attached hydrogen (secondary N) is 1. The molecular formula is C32H44N4O3. The highest BCUT2D eigenvalue weighted by molar-refractivity contribution is 5.71. The van der Waals surface area contributed by atoms with Crippen LogP contribution < -0.4 is 5.32 Å². The van der Waals surface area contributed by atoms with Crippen molar-refractivity contribution in [1.29, 1.82) is 0 Å². The Morgan fingerprint density at radius 1 is 0.769 bits per heavy atom. The Kier molecular flexibility index (Phi) is 8.92. The highest BCUT2D eigenvalue weighted by Gasteiger charge is 2.21. The lowest BCUT2D eigenvalue weighted by molar-refractivity contribution is 0.127.